The Kier molecular flexibility index (Phi) is 4.97. The van der Waals surface area contributed by atoms with Gasteiger partial charge in [-0.05, 0) is 26.8 Å². The Morgan fingerprint density at radius 1 is 1.22 bits per heavy atom. The van der Waals surface area contributed by atoms with E-state index in [4.69, 9.17) is 27.9 Å². The van der Waals surface area contributed by atoms with Crippen LogP contribution < -0.4 is 10.3 Å². The van der Waals surface area contributed by atoms with Crippen molar-refractivity contribution in [3.8, 4) is 11.5 Å². The molecule has 0 amide bonds. The molecule has 1 heterocycles. The van der Waals surface area contributed by atoms with Gasteiger partial charge in [0.25, 0.3) is 11.2 Å². The van der Waals surface area contributed by atoms with E-state index >= 15 is 0 Å². The number of hydrogen-bond donors (Lipinski definition) is 0. The number of nitrogens with zero attached hydrogens (tertiary/aromatic N) is 2. The number of rotatable bonds is 4. The van der Waals surface area contributed by atoms with Gasteiger partial charge in [-0.2, -0.15) is 0 Å². The van der Waals surface area contributed by atoms with E-state index in [1.807, 2.05) is 13.8 Å². The minimum absolute atomic E-state index is 0.0177. The zero-order chi connectivity index (χ0) is 17.3. The van der Waals surface area contributed by atoms with Gasteiger partial charge in [0.1, 0.15) is 5.75 Å². The second kappa shape index (κ2) is 6.60. The molecule has 2 aromatic rings. The lowest BCUT2D eigenvalue weighted by atomic mass is 10.2. The van der Waals surface area contributed by atoms with Crippen LogP contribution in [0.1, 0.15) is 25.5 Å². The summed E-state index contributed by atoms with van der Waals surface area (Å²) in [5, 5.41) is 10.8. The average Bonchev–Trinajstić information content (AvgIpc) is 2.45. The molecule has 0 aliphatic rings. The number of non-ortho nitro benzene ring substituents is 1. The number of halogens is 2. The summed E-state index contributed by atoms with van der Waals surface area (Å²) in [6.07, 6.45) is 1.55. The van der Waals surface area contributed by atoms with Gasteiger partial charge >= 0.3 is 0 Å². The van der Waals surface area contributed by atoms with Gasteiger partial charge in [-0.1, -0.05) is 23.2 Å². The highest BCUT2D eigenvalue weighted by atomic mass is 35.5. The maximum atomic E-state index is 12.0. The third kappa shape index (κ3) is 3.65. The molecule has 23 heavy (non-hydrogen) atoms. The Morgan fingerprint density at radius 3 is 2.26 bits per heavy atom. The van der Waals surface area contributed by atoms with Crippen LogP contribution in [0, 0.1) is 17.0 Å². The summed E-state index contributed by atoms with van der Waals surface area (Å²) >= 11 is 12.0. The van der Waals surface area contributed by atoms with Gasteiger partial charge in [0.15, 0.2) is 5.75 Å². The number of pyridine rings is 1. The van der Waals surface area contributed by atoms with Crippen molar-refractivity contribution in [3.63, 3.8) is 0 Å². The lowest BCUT2D eigenvalue weighted by Crippen LogP contribution is -2.23. The molecule has 0 aliphatic carbocycles. The Balaban J connectivity index is 2.48. The molecule has 0 spiro atoms. The number of nitro groups is 1. The molecular formula is C15H14Cl2N2O4. The molecule has 0 atom stereocenters. The van der Waals surface area contributed by atoms with E-state index in [0.717, 1.165) is 12.1 Å². The quantitative estimate of drug-likeness (QED) is 0.585. The number of benzene rings is 1. The second-order valence-electron chi connectivity index (χ2n) is 5.26. The molecule has 0 saturated heterocycles. The van der Waals surface area contributed by atoms with Crippen LogP contribution >= 0.6 is 23.2 Å². The highest BCUT2D eigenvalue weighted by Crippen LogP contribution is 2.39. The lowest BCUT2D eigenvalue weighted by molar-refractivity contribution is -0.384. The predicted octanol–water partition coefficient (Wildman–Crippen LogP) is 4.74. The smallest absolute Gasteiger partial charge is 0.272 e. The van der Waals surface area contributed by atoms with Crippen LogP contribution in [-0.4, -0.2) is 9.49 Å². The van der Waals surface area contributed by atoms with E-state index < -0.39 is 4.92 Å². The van der Waals surface area contributed by atoms with E-state index in [-0.39, 0.29) is 33.1 Å². The van der Waals surface area contributed by atoms with E-state index in [9.17, 15) is 14.9 Å². The summed E-state index contributed by atoms with van der Waals surface area (Å²) in [6, 6.07) is 3.84. The summed E-state index contributed by atoms with van der Waals surface area (Å²) in [5.74, 6) is 0.473. The zero-order valence-electron chi connectivity index (χ0n) is 12.7. The summed E-state index contributed by atoms with van der Waals surface area (Å²) in [7, 11) is 0. The number of aryl methyl sites for hydroxylation is 1. The minimum Gasteiger partial charge on any atom is -0.453 e. The Bertz CT molecular complexity index is 808. The van der Waals surface area contributed by atoms with Crippen molar-refractivity contribution in [2.45, 2.75) is 26.8 Å². The van der Waals surface area contributed by atoms with E-state index in [0.29, 0.717) is 11.3 Å². The first-order valence-corrected chi connectivity index (χ1v) is 7.50. The van der Waals surface area contributed by atoms with Crippen molar-refractivity contribution in [2.24, 2.45) is 0 Å². The highest BCUT2D eigenvalue weighted by Gasteiger charge is 2.17. The fourth-order valence-electron chi connectivity index (χ4n) is 2.02. The average molecular weight is 357 g/mol. The first kappa shape index (κ1) is 17.3. The summed E-state index contributed by atoms with van der Waals surface area (Å²) in [4.78, 5) is 22.2. The topological polar surface area (TPSA) is 74.4 Å². The van der Waals surface area contributed by atoms with E-state index in [1.165, 1.54) is 4.57 Å². The molecule has 0 bridgehead atoms. The number of ether oxygens (including phenoxy) is 1. The van der Waals surface area contributed by atoms with Crippen molar-refractivity contribution in [1.82, 2.24) is 4.57 Å². The summed E-state index contributed by atoms with van der Waals surface area (Å²) < 4.78 is 7.18. The maximum absolute atomic E-state index is 12.0. The van der Waals surface area contributed by atoms with Crippen LogP contribution in [0.15, 0.2) is 29.2 Å². The third-order valence-corrected chi connectivity index (χ3v) is 3.73. The molecular weight excluding hydrogens is 343 g/mol. The molecule has 2 rings (SSSR count). The van der Waals surface area contributed by atoms with Crippen molar-refractivity contribution in [3.05, 3.63) is 60.5 Å². The Morgan fingerprint density at radius 2 is 1.78 bits per heavy atom. The Labute approximate surface area is 142 Å². The van der Waals surface area contributed by atoms with Crippen LogP contribution in [0.4, 0.5) is 5.69 Å². The minimum atomic E-state index is -0.593. The van der Waals surface area contributed by atoms with Gasteiger partial charge in [0.05, 0.1) is 21.2 Å². The molecule has 122 valence electrons. The van der Waals surface area contributed by atoms with Crippen LogP contribution in [0.5, 0.6) is 11.5 Å². The first-order chi connectivity index (χ1) is 10.7. The monoisotopic (exact) mass is 356 g/mol. The van der Waals surface area contributed by atoms with Crippen molar-refractivity contribution >= 4 is 28.9 Å². The van der Waals surface area contributed by atoms with E-state index in [2.05, 4.69) is 0 Å². The molecule has 0 fully saturated rings. The fourth-order valence-corrected chi connectivity index (χ4v) is 2.57. The van der Waals surface area contributed by atoms with Gasteiger partial charge in [0, 0.05) is 23.7 Å². The van der Waals surface area contributed by atoms with E-state index in [1.54, 1.807) is 19.2 Å². The SMILES string of the molecule is Cc1cc(Oc2c(Cl)cc([N+](=O)[O-])cc2Cl)cn(C(C)C)c1=O. The van der Waals surface area contributed by atoms with Gasteiger partial charge in [-0.15, -0.1) is 0 Å². The van der Waals surface area contributed by atoms with Gasteiger partial charge in [0.2, 0.25) is 0 Å². The fraction of sp³-hybridized carbons (Fsp3) is 0.267. The van der Waals surface area contributed by atoms with Gasteiger partial charge in [-0.25, -0.2) is 0 Å². The van der Waals surface area contributed by atoms with Crippen LogP contribution in [0.2, 0.25) is 10.0 Å². The first-order valence-electron chi connectivity index (χ1n) is 6.74. The molecule has 0 unspecified atom stereocenters. The van der Waals surface area contributed by atoms with Crippen LogP contribution in [0.25, 0.3) is 0 Å². The largest absolute Gasteiger partial charge is 0.453 e. The van der Waals surface area contributed by atoms with Gasteiger partial charge in [-0.3, -0.25) is 14.9 Å². The number of aromatic nitrogens is 1. The van der Waals surface area contributed by atoms with Crippen molar-refractivity contribution < 1.29 is 9.66 Å². The van der Waals surface area contributed by atoms with Crippen molar-refractivity contribution in [1.29, 1.82) is 0 Å². The summed E-state index contributed by atoms with van der Waals surface area (Å²) in [5.41, 5.74) is 0.161. The molecule has 8 heteroatoms. The number of hydrogen-bond acceptors (Lipinski definition) is 4. The predicted molar refractivity (Wildman–Crippen MR) is 89.0 cm³/mol. The number of nitro benzene ring substituents is 1. The molecule has 1 aromatic carbocycles. The summed E-state index contributed by atoms with van der Waals surface area (Å²) in [6.45, 7) is 5.42. The molecule has 1 aromatic heterocycles. The molecule has 0 radical (unpaired) electrons. The lowest BCUT2D eigenvalue weighted by Gasteiger charge is -2.15. The standard InChI is InChI=1S/C15H14Cl2N2O4/c1-8(2)18-7-11(4-9(3)15(18)20)23-14-12(16)5-10(19(21)22)6-13(14)17/h4-8H,1-3H3. The third-order valence-electron chi connectivity index (χ3n) is 3.17. The zero-order valence-corrected chi connectivity index (χ0v) is 14.2. The molecule has 0 aliphatic heterocycles. The van der Waals surface area contributed by atoms with Gasteiger partial charge < -0.3 is 9.30 Å². The van der Waals surface area contributed by atoms with Crippen LogP contribution in [0.3, 0.4) is 0 Å². The van der Waals surface area contributed by atoms with Crippen LogP contribution in [-0.2, 0) is 0 Å². The molecule has 0 N–H and O–H groups in total. The normalized spacial score (nSPS) is 10.9. The molecule has 6 nitrogen and oxygen atoms in total. The highest BCUT2D eigenvalue weighted by molar-refractivity contribution is 6.37. The second-order valence-corrected chi connectivity index (χ2v) is 6.08. The maximum Gasteiger partial charge on any atom is 0.272 e. The Hall–Kier alpha value is -2.05. The van der Waals surface area contributed by atoms with Crippen molar-refractivity contribution in [2.75, 3.05) is 0 Å². The molecule has 0 saturated carbocycles.